The monoisotopic (exact) mass is 580 g/mol. The highest BCUT2D eigenvalue weighted by Crippen LogP contribution is 2.48. The van der Waals surface area contributed by atoms with E-state index in [-0.39, 0.29) is 23.6 Å². The average molecular weight is 581 g/mol. The second-order valence-corrected chi connectivity index (χ2v) is 11.5. The topological polar surface area (TPSA) is 109 Å². The maximum absolute atomic E-state index is 15.1. The molecule has 2 aliphatic carbocycles. The number of amides is 1. The number of aromatic nitrogens is 2. The van der Waals surface area contributed by atoms with Gasteiger partial charge in [-0.1, -0.05) is 48.7 Å². The smallest absolute Gasteiger partial charge is 0.212 e. The molecule has 0 spiro atoms. The lowest BCUT2D eigenvalue weighted by Gasteiger charge is -2.40. The van der Waals surface area contributed by atoms with Crippen LogP contribution >= 0.6 is 11.6 Å². The number of carbonyl (C=O) groups excluding carboxylic acids is 2. The zero-order chi connectivity index (χ0) is 29.1. The number of amidine groups is 1. The van der Waals surface area contributed by atoms with Crippen LogP contribution in [0.15, 0.2) is 53.2 Å². The fraction of sp³-hybridized carbons (Fsp3) is 0.433. The third-order valence-corrected chi connectivity index (χ3v) is 8.36. The molecule has 11 heteroatoms. The third kappa shape index (κ3) is 5.70. The van der Waals surface area contributed by atoms with E-state index in [1.807, 2.05) is 11.0 Å². The third-order valence-electron chi connectivity index (χ3n) is 8.15. The molecule has 2 aromatic heterocycles. The minimum absolute atomic E-state index is 0.0738. The van der Waals surface area contributed by atoms with Crippen LogP contribution in [0.5, 0.6) is 0 Å². The molecule has 0 bridgehead atoms. The Balaban J connectivity index is 1.70. The quantitative estimate of drug-likeness (QED) is 0.177. The number of ketones is 1. The second-order valence-electron chi connectivity index (χ2n) is 11.1. The highest BCUT2D eigenvalue weighted by molar-refractivity contribution is 6.30. The molecule has 1 fully saturated rings. The lowest BCUT2D eigenvalue weighted by molar-refractivity contribution is -0.119. The standard InChI is InChI=1S/C30H34ClFN6O3/c1-18-8-10-19(11-9-18)16-38-27-24(36-30(38,2)28(40)22-6-4-5-7-23(22)32)13-25(29(34-17-39)37-41-3)35-26(27)20-12-21(31)15-33-14-20/h4,6,12-15,17-19,36H,5,7-11,16H2,1-3H3,(H,34,37,39). The van der Waals surface area contributed by atoms with E-state index < -0.39 is 11.5 Å². The Morgan fingerprint density at radius 1 is 1.32 bits per heavy atom. The number of nitrogens with one attached hydrogen (secondary N) is 2. The van der Waals surface area contributed by atoms with Gasteiger partial charge in [0.15, 0.2) is 11.5 Å². The Labute approximate surface area is 243 Å². The summed E-state index contributed by atoms with van der Waals surface area (Å²) in [5, 5.41) is 10.3. The van der Waals surface area contributed by atoms with Crippen LogP contribution in [-0.2, 0) is 14.4 Å². The Morgan fingerprint density at radius 3 is 2.78 bits per heavy atom. The largest absolute Gasteiger partial charge is 0.397 e. The predicted octanol–water partition coefficient (Wildman–Crippen LogP) is 5.77. The first-order chi connectivity index (χ1) is 19.7. The van der Waals surface area contributed by atoms with Gasteiger partial charge < -0.3 is 20.4 Å². The van der Waals surface area contributed by atoms with Crippen molar-refractivity contribution >= 4 is 41.0 Å². The van der Waals surface area contributed by atoms with Gasteiger partial charge in [-0.3, -0.25) is 14.6 Å². The van der Waals surface area contributed by atoms with E-state index in [1.54, 1.807) is 31.3 Å². The number of nitrogens with zero attached hydrogens (tertiary/aromatic N) is 4. The van der Waals surface area contributed by atoms with Crippen molar-refractivity contribution in [1.29, 1.82) is 0 Å². The molecule has 1 unspecified atom stereocenters. The Morgan fingerprint density at radius 2 is 2.10 bits per heavy atom. The highest BCUT2D eigenvalue weighted by atomic mass is 35.5. The Kier molecular flexibility index (Phi) is 8.40. The number of pyridine rings is 2. The van der Waals surface area contributed by atoms with Crippen LogP contribution < -0.4 is 15.5 Å². The molecule has 1 amide bonds. The first-order valence-electron chi connectivity index (χ1n) is 13.9. The molecular formula is C30H34ClFN6O3. The number of allylic oxidation sites excluding steroid dienone is 3. The summed E-state index contributed by atoms with van der Waals surface area (Å²) < 4.78 is 15.1. The Hall–Kier alpha value is -3.79. The summed E-state index contributed by atoms with van der Waals surface area (Å²) in [6.45, 7) is 4.63. The number of carbonyl (C=O) groups is 2. The molecular weight excluding hydrogens is 547 g/mol. The molecule has 1 saturated carbocycles. The van der Waals surface area contributed by atoms with E-state index >= 15 is 4.39 Å². The van der Waals surface area contributed by atoms with E-state index in [9.17, 15) is 9.59 Å². The minimum Gasteiger partial charge on any atom is -0.397 e. The molecule has 2 N–H and O–H groups in total. The van der Waals surface area contributed by atoms with Gasteiger partial charge in [0.05, 0.1) is 27.7 Å². The van der Waals surface area contributed by atoms with E-state index in [2.05, 4.69) is 27.7 Å². The van der Waals surface area contributed by atoms with Gasteiger partial charge >= 0.3 is 0 Å². The van der Waals surface area contributed by atoms with Crippen molar-refractivity contribution < 1.29 is 18.8 Å². The molecule has 1 atom stereocenters. The van der Waals surface area contributed by atoms with Crippen molar-refractivity contribution in [2.75, 3.05) is 23.9 Å². The van der Waals surface area contributed by atoms with Crippen molar-refractivity contribution in [3.8, 4) is 11.3 Å². The minimum atomic E-state index is -1.31. The first-order valence-corrected chi connectivity index (χ1v) is 14.3. The lowest BCUT2D eigenvalue weighted by Crippen LogP contribution is -2.56. The number of oxime groups is 1. The van der Waals surface area contributed by atoms with Crippen molar-refractivity contribution in [2.45, 2.75) is 58.0 Å². The molecule has 1 aliphatic heterocycles. The molecule has 3 heterocycles. The van der Waals surface area contributed by atoms with Gasteiger partial charge in [0, 0.05) is 30.9 Å². The number of Topliss-reactive ketones (excluding diaryl/α,β-unsaturated/α-hetero) is 1. The molecule has 2 aromatic rings. The van der Waals surface area contributed by atoms with Crippen molar-refractivity contribution in [3.63, 3.8) is 0 Å². The van der Waals surface area contributed by atoms with Gasteiger partial charge in [-0.25, -0.2) is 9.37 Å². The zero-order valence-electron chi connectivity index (χ0n) is 23.4. The summed E-state index contributed by atoms with van der Waals surface area (Å²) in [5.41, 5.74) is 1.43. The molecule has 0 saturated heterocycles. The lowest BCUT2D eigenvalue weighted by atomic mass is 9.82. The molecule has 5 rings (SSSR count). The summed E-state index contributed by atoms with van der Waals surface area (Å²) in [6, 6.07) is 3.45. The summed E-state index contributed by atoms with van der Waals surface area (Å²) in [5.74, 6) is 0.306. The van der Waals surface area contributed by atoms with Gasteiger partial charge in [-0.2, -0.15) is 0 Å². The van der Waals surface area contributed by atoms with E-state index in [1.165, 1.54) is 13.3 Å². The predicted molar refractivity (Wildman–Crippen MR) is 157 cm³/mol. The zero-order valence-corrected chi connectivity index (χ0v) is 24.2. The van der Waals surface area contributed by atoms with E-state index in [4.69, 9.17) is 21.4 Å². The van der Waals surface area contributed by atoms with Crippen LogP contribution in [0.25, 0.3) is 11.3 Å². The van der Waals surface area contributed by atoms with Crippen LogP contribution in [0, 0.1) is 11.8 Å². The van der Waals surface area contributed by atoms with Crippen LogP contribution in [-0.4, -0.2) is 47.3 Å². The normalized spacial score (nSPS) is 24.1. The van der Waals surface area contributed by atoms with Crippen LogP contribution in [0.4, 0.5) is 15.8 Å². The number of anilines is 2. The first kappa shape index (κ1) is 28.7. The van der Waals surface area contributed by atoms with Crippen molar-refractivity contribution in [1.82, 2.24) is 15.3 Å². The van der Waals surface area contributed by atoms with Crippen LogP contribution in [0.3, 0.4) is 0 Å². The number of hydrogen-bond donors (Lipinski definition) is 2. The van der Waals surface area contributed by atoms with Gasteiger partial charge in [-0.15, -0.1) is 0 Å². The maximum atomic E-state index is 15.1. The Bertz CT molecular complexity index is 1440. The fourth-order valence-electron chi connectivity index (χ4n) is 5.94. The molecule has 3 aliphatic rings. The molecule has 0 radical (unpaired) electrons. The number of hydrogen-bond acceptors (Lipinski definition) is 8. The number of fused-ring (bicyclic) bond motifs is 1. The molecule has 41 heavy (non-hydrogen) atoms. The number of halogens is 2. The highest BCUT2D eigenvalue weighted by Gasteiger charge is 2.49. The van der Waals surface area contributed by atoms with Crippen molar-refractivity contribution in [2.24, 2.45) is 17.0 Å². The van der Waals surface area contributed by atoms with E-state index in [0.29, 0.717) is 64.6 Å². The van der Waals surface area contributed by atoms with Crippen LogP contribution in [0.1, 0.15) is 58.1 Å². The molecule has 0 aromatic carbocycles. The van der Waals surface area contributed by atoms with Crippen molar-refractivity contribution in [3.05, 3.63) is 58.8 Å². The van der Waals surface area contributed by atoms with Gasteiger partial charge in [0.2, 0.25) is 12.2 Å². The van der Waals surface area contributed by atoms with Gasteiger partial charge in [0.1, 0.15) is 18.6 Å². The second kappa shape index (κ2) is 12.0. The summed E-state index contributed by atoms with van der Waals surface area (Å²) >= 11 is 6.35. The number of rotatable bonds is 8. The maximum Gasteiger partial charge on any atom is 0.212 e. The van der Waals surface area contributed by atoms with Crippen LogP contribution in [0.2, 0.25) is 5.02 Å². The van der Waals surface area contributed by atoms with E-state index in [0.717, 1.165) is 25.7 Å². The fourth-order valence-corrected chi connectivity index (χ4v) is 6.11. The summed E-state index contributed by atoms with van der Waals surface area (Å²) in [6.07, 6.45) is 12.1. The summed E-state index contributed by atoms with van der Waals surface area (Å²) in [4.78, 5) is 41.7. The summed E-state index contributed by atoms with van der Waals surface area (Å²) in [7, 11) is 1.36. The SMILES string of the molecule is CO/N=C(\NC=O)c1cc2c(c(-c3cncc(Cl)c3)n1)N(CC1CCC(C)CC1)C(C)(C(=O)C1=C(F)CCC=C1)N2. The molecule has 216 valence electrons. The van der Waals surface area contributed by atoms with Gasteiger partial charge in [-0.05, 0) is 50.2 Å². The van der Waals surface area contributed by atoms with Gasteiger partial charge in [0.25, 0.3) is 0 Å². The average Bonchev–Trinajstić information content (AvgIpc) is 3.25. The molecule has 9 nitrogen and oxygen atoms in total.